The van der Waals surface area contributed by atoms with Crippen LogP contribution in [-0.2, 0) is 9.53 Å². The van der Waals surface area contributed by atoms with E-state index in [-0.39, 0.29) is 5.97 Å². The van der Waals surface area contributed by atoms with Gasteiger partial charge in [0.1, 0.15) is 0 Å². The van der Waals surface area contributed by atoms with Crippen molar-refractivity contribution in [3.63, 3.8) is 0 Å². The van der Waals surface area contributed by atoms with Crippen LogP contribution in [0.3, 0.4) is 0 Å². The Morgan fingerprint density at radius 2 is 1.68 bits per heavy atom. The van der Waals surface area contributed by atoms with E-state index in [1.807, 2.05) is 24.3 Å². The van der Waals surface area contributed by atoms with Crippen LogP contribution >= 0.6 is 0 Å². The van der Waals surface area contributed by atoms with E-state index in [2.05, 4.69) is 23.8 Å². The molecule has 0 saturated carbocycles. The average molecular weight is 308 g/mol. The van der Waals surface area contributed by atoms with Crippen LogP contribution in [0.2, 0.25) is 0 Å². The first-order valence-electron chi connectivity index (χ1n) is 8.44. The normalized spacial score (nSPS) is 13.4. The molecule has 0 aliphatic heterocycles. The van der Waals surface area contributed by atoms with Gasteiger partial charge in [0.25, 0.3) is 0 Å². The van der Waals surface area contributed by atoms with Crippen molar-refractivity contribution in [1.82, 2.24) is 0 Å². The second kappa shape index (κ2) is 16.0. The topological polar surface area (TPSA) is 46.5 Å². The molecule has 0 unspecified atom stereocenters. The molecule has 0 aromatic rings. The maximum absolute atomic E-state index is 10.9. The maximum atomic E-state index is 10.9. The Labute approximate surface area is 135 Å². The molecule has 0 radical (unpaired) electrons. The summed E-state index contributed by atoms with van der Waals surface area (Å²) in [6, 6.07) is 0. The van der Waals surface area contributed by atoms with E-state index in [9.17, 15) is 9.90 Å². The summed E-state index contributed by atoms with van der Waals surface area (Å²) in [4.78, 5) is 10.9. The summed E-state index contributed by atoms with van der Waals surface area (Å²) in [5.74, 6) is -0.116. The minimum Gasteiger partial charge on any atom is -0.469 e. The molecule has 0 bridgehead atoms. The minimum absolute atomic E-state index is 0.116. The molecule has 0 fully saturated rings. The standard InChI is InChI=1S/C19H32O3/c1-3-4-5-9-12-15-18(20)16-13-10-7-6-8-11-14-17-19(21)22-2/h4-5,12-13,15-16,18,20H,3,6-11,14,17H2,1-2H3/b5-4-,15-12-,16-13-/t18-/m0/s1. The van der Waals surface area contributed by atoms with Gasteiger partial charge in [-0.3, -0.25) is 4.79 Å². The van der Waals surface area contributed by atoms with Gasteiger partial charge in [-0.25, -0.2) is 0 Å². The number of hydrogen-bond acceptors (Lipinski definition) is 3. The lowest BCUT2D eigenvalue weighted by molar-refractivity contribution is -0.140. The molecule has 3 nitrogen and oxygen atoms in total. The van der Waals surface area contributed by atoms with Crippen LogP contribution in [0.25, 0.3) is 0 Å². The van der Waals surface area contributed by atoms with Crippen molar-refractivity contribution in [1.29, 1.82) is 0 Å². The number of methoxy groups -OCH3 is 1. The Bertz CT molecular complexity index is 343. The van der Waals surface area contributed by atoms with Crippen LogP contribution in [0.1, 0.15) is 64.7 Å². The monoisotopic (exact) mass is 308 g/mol. The number of aliphatic hydroxyl groups is 1. The summed E-state index contributed by atoms with van der Waals surface area (Å²) < 4.78 is 4.60. The van der Waals surface area contributed by atoms with Crippen molar-refractivity contribution >= 4 is 5.97 Å². The van der Waals surface area contributed by atoms with Crippen molar-refractivity contribution < 1.29 is 14.6 Å². The second-order valence-electron chi connectivity index (χ2n) is 5.34. The molecule has 126 valence electrons. The van der Waals surface area contributed by atoms with Crippen LogP contribution in [-0.4, -0.2) is 24.3 Å². The zero-order valence-corrected chi connectivity index (χ0v) is 14.2. The number of carbonyl (C=O) groups is 1. The Morgan fingerprint density at radius 3 is 2.41 bits per heavy atom. The lowest BCUT2D eigenvalue weighted by Gasteiger charge is -2.00. The average Bonchev–Trinajstić information content (AvgIpc) is 2.52. The number of unbranched alkanes of at least 4 members (excludes halogenated alkanes) is 5. The number of hydrogen-bond donors (Lipinski definition) is 1. The highest BCUT2D eigenvalue weighted by Crippen LogP contribution is 2.08. The molecule has 0 aliphatic carbocycles. The van der Waals surface area contributed by atoms with Gasteiger partial charge in [0.2, 0.25) is 0 Å². The minimum atomic E-state index is -0.477. The molecule has 0 rings (SSSR count). The van der Waals surface area contributed by atoms with Crippen molar-refractivity contribution in [3.8, 4) is 0 Å². The van der Waals surface area contributed by atoms with Crippen molar-refractivity contribution in [3.05, 3.63) is 36.5 Å². The van der Waals surface area contributed by atoms with Gasteiger partial charge in [0.05, 0.1) is 13.2 Å². The van der Waals surface area contributed by atoms with Gasteiger partial charge < -0.3 is 9.84 Å². The second-order valence-corrected chi connectivity index (χ2v) is 5.34. The zero-order valence-electron chi connectivity index (χ0n) is 14.2. The molecular formula is C19H32O3. The lowest BCUT2D eigenvalue weighted by Crippen LogP contribution is -1.99. The molecule has 0 amide bonds. The molecule has 1 atom stereocenters. The van der Waals surface area contributed by atoms with Gasteiger partial charge in [-0.2, -0.15) is 0 Å². The molecule has 3 heteroatoms. The quantitative estimate of drug-likeness (QED) is 0.304. The Hall–Kier alpha value is -1.35. The highest BCUT2D eigenvalue weighted by atomic mass is 16.5. The zero-order chi connectivity index (χ0) is 16.5. The predicted molar refractivity (Wildman–Crippen MR) is 92.7 cm³/mol. The van der Waals surface area contributed by atoms with Gasteiger partial charge in [0, 0.05) is 6.42 Å². The fraction of sp³-hybridized carbons (Fsp3) is 0.632. The van der Waals surface area contributed by atoms with E-state index in [4.69, 9.17) is 0 Å². The Balaban J connectivity index is 3.46. The Kier molecular flexibility index (Phi) is 15.0. The van der Waals surface area contributed by atoms with Crippen molar-refractivity contribution in [2.24, 2.45) is 0 Å². The number of carbonyl (C=O) groups excluding carboxylic acids is 1. The lowest BCUT2D eigenvalue weighted by atomic mass is 10.1. The summed E-state index contributed by atoms with van der Waals surface area (Å²) in [5.41, 5.74) is 0. The SMILES string of the molecule is CC/C=C\C/C=C\[C@H](O)/C=C\CCCCCCCC(=O)OC. The molecule has 0 saturated heterocycles. The van der Waals surface area contributed by atoms with E-state index in [1.54, 1.807) is 0 Å². The van der Waals surface area contributed by atoms with Gasteiger partial charge in [-0.05, 0) is 32.1 Å². The van der Waals surface area contributed by atoms with Crippen molar-refractivity contribution in [2.75, 3.05) is 7.11 Å². The van der Waals surface area contributed by atoms with Crippen LogP contribution in [0.15, 0.2) is 36.5 Å². The fourth-order valence-corrected chi connectivity index (χ4v) is 2.02. The van der Waals surface area contributed by atoms with E-state index in [0.717, 1.165) is 44.9 Å². The third-order valence-electron chi connectivity index (χ3n) is 3.32. The Morgan fingerprint density at radius 1 is 1.00 bits per heavy atom. The first-order valence-corrected chi connectivity index (χ1v) is 8.44. The van der Waals surface area contributed by atoms with E-state index in [0.29, 0.717) is 6.42 Å². The van der Waals surface area contributed by atoms with E-state index >= 15 is 0 Å². The van der Waals surface area contributed by atoms with E-state index in [1.165, 1.54) is 13.5 Å². The van der Waals surface area contributed by atoms with Crippen molar-refractivity contribution in [2.45, 2.75) is 70.8 Å². The van der Waals surface area contributed by atoms with Crippen LogP contribution < -0.4 is 0 Å². The molecule has 0 spiro atoms. The maximum Gasteiger partial charge on any atom is 0.305 e. The number of ether oxygens (including phenoxy) is 1. The van der Waals surface area contributed by atoms with Gasteiger partial charge in [-0.15, -0.1) is 0 Å². The highest BCUT2D eigenvalue weighted by Gasteiger charge is 1.98. The molecule has 22 heavy (non-hydrogen) atoms. The predicted octanol–water partition coefficient (Wildman–Crippen LogP) is 4.72. The number of esters is 1. The molecule has 0 heterocycles. The number of rotatable bonds is 13. The smallest absolute Gasteiger partial charge is 0.305 e. The van der Waals surface area contributed by atoms with Gasteiger partial charge >= 0.3 is 5.97 Å². The molecule has 0 aliphatic rings. The van der Waals surface area contributed by atoms with Gasteiger partial charge in [0.15, 0.2) is 0 Å². The molecule has 1 N–H and O–H groups in total. The van der Waals surface area contributed by atoms with Crippen LogP contribution in [0.4, 0.5) is 0 Å². The fourth-order valence-electron chi connectivity index (χ4n) is 2.02. The van der Waals surface area contributed by atoms with Gasteiger partial charge in [-0.1, -0.05) is 62.6 Å². The summed E-state index contributed by atoms with van der Waals surface area (Å²) >= 11 is 0. The largest absolute Gasteiger partial charge is 0.469 e. The highest BCUT2D eigenvalue weighted by molar-refractivity contribution is 5.68. The molecule has 0 aromatic heterocycles. The van der Waals surface area contributed by atoms with E-state index < -0.39 is 6.10 Å². The third kappa shape index (κ3) is 15.0. The number of aliphatic hydroxyl groups excluding tert-OH is 1. The summed E-state index contributed by atoms with van der Waals surface area (Å²) in [5, 5.41) is 9.71. The summed E-state index contributed by atoms with van der Waals surface area (Å²) in [6.45, 7) is 2.11. The third-order valence-corrected chi connectivity index (χ3v) is 3.32. The van der Waals surface area contributed by atoms with Crippen LogP contribution in [0.5, 0.6) is 0 Å². The first-order chi connectivity index (χ1) is 10.7. The molecular weight excluding hydrogens is 276 g/mol. The number of allylic oxidation sites excluding steroid dienone is 4. The molecule has 0 aromatic carbocycles. The summed E-state index contributed by atoms with van der Waals surface area (Å²) in [7, 11) is 1.43. The van der Waals surface area contributed by atoms with Crippen LogP contribution in [0, 0.1) is 0 Å². The summed E-state index contributed by atoms with van der Waals surface area (Å²) in [6.07, 6.45) is 20.4. The first kappa shape index (κ1) is 20.6.